The highest BCUT2D eigenvalue weighted by Crippen LogP contribution is 2.28. The molecular formula is C21H16N2O2. The minimum atomic E-state index is -0.634. The molecule has 1 amide bonds. The predicted octanol–water partition coefficient (Wildman–Crippen LogP) is 4.15. The number of para-hydroxylation sites is 2. The molecule has 1 N–H and O–H groups in total. The van der Waals surface area contributed by atoms with E-state index in [1.807, 2.05) is 55.6 Å². The molecule has 3 aromatic carbocycles. The van der Waals surface area contributed by atoms with Crippen molar-refractivity contribution in [1.82, 2.24) is 4.57 Å². The fourth-order valence-electron chi connectivity index (χ4n) is 3.15. The highest BCUT2D eigenvalue weighted by atomic mass is 16.2. The van der Waals surface area contributed by atoms with E-state index in [2.05, 4.69) is 9.88 Å². The van der Waals surface area contributed by atoms with Crippen molar-refractivity contribution in [2.45, 2.75) is 0 Å². The van der Waals surface area contributed by atoms with Crippen LogP contribution in [0.2, 0.25) is 0 Å². The van der Waals surface area contributed by atoms with E-state index in [1.54, 1.807) is 24.3 Å². The van der Waals surface area contributed by atoms with Crippen LogP contribution in [0.25, 0.3) is 21.8 Å². The van der Waals surface area contributed by atoms with Gasteiger partial charge in [0.15, 0.2) is 0 Å². The average Bonchev–Trinajstić information content (AvgIpc) is 2.94. The number of anilines is 1. The van der Waals surface area contributed by atoms with Crippen molar-refractivity contribution < 1.29 is 9.59 Å². The minimum Gasteiger partial charge on any atom is -0.344 e. The van der Waals surface area contributed by atoms with Gasteiger partial charge in [-0.2, -0.15) is 0 Å². The maximum Gasteiger partial charge on any atom is 0.296 e. The standard InChI is InChI=1S/C21H16N2O2/c1-23-18-10-6-5-9-16(18)17-13-14(11-12-19(17)23)20(24)21(25)22-15-7-3-2-4-8-15/h2-13H,1H3,(H,22,25). The third kappa shape index (κ3) is 2.58. The Balaban J connectivity index is 1.73. The van der Waals surface area contributed by atoms with Gasteiger partial charge in [-0.25, -0.2) is 0 Å². The van der Waals surface area contributed by atoms with Crippen molar-refractivity contribution in [2.75, 3.05) is 5.32 Å². The summed E-state index contributed by atoms with van der Waals surface area (Å²) in [6, 6.07) is 22.4. The van der Waals surface area contributed by atoms with Gasteiger partial charge in [0, 0.05) is 40.1 Å². The van der Waals surface area contributed by atoms with Gasteiger partial charge < -0.3 is 9.88 Å². The van der Waals surface area contributed by atoms with Gasteiger partial charge in [-0.3, -0.25) is 9.59 Å². The summed E-state index contributed by atoms with van der Waals surface area (Å²) >= 11 is 0. The summed E-state index contributed by atoms with van der Waals surface area (Å²) in [4.78, 5) is 24.8. The van der Waals surface area contributed by atoms with Crippen LogP contribution in [0.4, 0.5) is 5.69 Å². The number of hydrogen-bond acceptors (Lipinski definition) is 2. The quantitative estimate of drug-likeness (QED) is 0.454. The Morgan fingerprint density at radius 1 is 0.800 bits per heavy atom. The van der Waals surface area contributed by atoms with E-state index in [1.165, 1.54) is 0 Å². The van der Waals surface area contributed by atoms with Crippen LogP contribution >= 0.6 is 0 Å². The Labute approximate surface area is 144 Å². The number of nitrogens with zero attached hydrogens (tertiary/aromatic N) is 1. The SMILES string of the molecule is Cn1c2ccccc2c2cc(C(=O)C(=O)Nc3ccccc3)ccc21. The van der Waals surface area contributed by atoms with Gasteiger partial charge in [-0.05, 0) is 36.4 Å². The summed E-state index contributed by atoms with van der Waals surface area (Å²) in [6.07, 6.45) is 0. The normalized spacial score (nSPS) is 10.9. The number of rotatable bonds is 3. The first-order valence-electron chi connectivity index (χ1n) is 8.03. The molecule has 0 bridgehead atoms. The van der Waals surface area contributed by atoms with Gasteiger partial charge in [0.1, 0.15) is 0 Å². The smallest absolute Gasteiger partial charge is 0.296 e. The van der Waals surface area contributed by atoms with Crippen LogP contribution in [-0.2, 0) is 11.8 Å². The summed E-state index contributed by atoms with van der Waals surface area (Å²) < 4.78 is 2.09. The number of fused-ring (bicyclic) bond motifs is 3. The molecule has 0 unspecified atom stereocenters. The first kappa shape index (κ1) is 15.1. The molecule has 4 nitrogen and oxygen atoms in total. The maximum atomic E-state index is 12.5. The Bertz CT molecular complexity index is 1110. The van der Waals surface area contributed by atoms with Crippen molar-refractivity contribution in [3.8, 4) is 0 Å². The number of benzene rings is 3. The van der Waals surface area contributed by atoms with Gasteiger partial charge in [0.2, 0.25) is 0 Å². The Morgan fingerprint density at radius 2 is 1.48 bits per heavy atom. The van der Waals surface area contributed by atoms with Crippen LogP contribution in [0.3, 0.4) is 0 Å². The van der Waals surface area contributed by atoms with Crippen LogP contribution in [0, 0.1) is 0 Å². The van der Waals surface area contributed by atoms with E-state index in [0.29, 0.717) is 11.3 Å². The molecule has 0 radical (unpaired) electrons. The molecule has 0 atom stereocenters. The number of nitrogens with one attached hydrogen (secondary N) is 1. The summed E-state index contributed by atoms with van der Waals surface area (Å²) in [5.74, 6) is -1.18. The molecule has 0 aliphatic rings. The van der Waals surface area contributed by atoms with Crippen molar-refractivity contribution in [3.63, 3.8) is 0 Å². The molecule has 0 aliphatic carbocycles. The number of carbonyl (C=O) groups excluding carboxylic acids is 2. The summed E-state index contributed by atoms with van der Waals surface area (Å²) in [5, 5.41) is 4.67. The zero-order chi connectivity index (χ0) is 17.4. The number of aromatic nitrogens is 1. The van der Waals surface area contributed by atoms with Crippen LogP contribution < -0.4 is 5.32 Å². The number of amides is 1. The summed E-state index contributed by atoms with van der Waals surface area (Å²) in [7, 11) is 1.99. The Kier molecular flexibility index (Phi) is 3.58. The molecule has 4 rings (SSSR count). The molecule has 4 heteroatoms. The minimum absolute atomic E-state index is 0.386. The van der Waals surface area contributed by atoms with E-state index in [0.717, 1.165) is 21.8 Å². The van der Waals surface area contributed by atoms with Crippen LogP contribution in [0.5, 0.6) is 0 Å². The molecule has 0 fully saturated rings. The van der Waals surface area contributed by atoms with Gasteiger partial charge in [0.05, 0.1) is 0 Å². The van der Waals surface area contributed by atoms with Crippen molar-refractivity contribution in [2.24, 2.45) is 7.05 Å². The fourth-order valence-corrected chi connectivity index (χ4v) is 3.15. The molecule has 0 aliphatic heterocycles. The van der Waals surface area contributed by atoms with Gasteiger partial charge in [-0.1, -0.05) is 36.4 Å². The van der Waals surface area contributed by atoms with E-state index >= 15 is 0 Å². The summed E-state index contributed by atoms with van der Waals surface area (Å²) in [5.41, 5.74) is 3.11. The fraction of sp³-hybridized carbons (Fsp3) is 0.0476. The number of carbonyl (C=O) groups is 2. The number of hydrogen-bond donors (Lipinski definition) is 1. The second-order valence-corrected chi connectivity index (χ2v) is 5.96. The number of Topliss-reactive ketones (excluding diaryl/α,β-unsaturated/α-hetero) is 1. The number of ketones is 1. The first-order chi connectivity index (χ1) is 12.1. The summed E-state index contributed by atoms with van der Waals surface area (Å²) in [6.45, 7) is 0. The highest BCUT2D eigenvalue weighted by Gasteiger charge is 2.18. The van der Waals surface area contributed by atoms with Crippen molar-refractivity contribution in [1.29, 1.82) is 0 Å². The first-order valence-corrected chi connectivity index (χ1v) is 8.03. The zero-order valence-corrected chi connectivity index (χ0v) is 13.7. The third-order valence-electron chi connectivity index (χ3n) is 4.41. The molecule has 122 valence electrons. The molecule has 25 heavy (non-hydrogen) atoms. The average molecular weight is 328 g/mol. The zero-order valence-electron chi connectivity index (χ0n) is 13.7. The second kappa shape index (κ2) is 5.91. The largest absolute Gasteiger partial charge is 0.344 e. The maximum absolute atomic E-state index is 12.5. The van der Waals surface area contributed by atoms with E-state index in [9.17, 15) is 9.59 Å². The third-order valence-corrected chi connectivity index (χ3v) is 4.41. The molecule has 4 aromatic rings. The monoisotopic (exact) mass is 328 g/mol. The molecule has 1 aromatic heterocycles. The molecule has 0 spiro atoms. The molecule has 1 heterocycles. The predicted molar refractivity (Wildman–Crippen MR) is 99.8 cm³/mol. The molecule has 0 saturated heterocycles. The topological polar surface area (TPSA) is 51.1 Å². The van der Waals surface area contributed by atoms with E-state index in [-0.39, 0.29) is 0 Å². The van der Waals surface area contributed by atoms with Crippen LogP contribution in [0.1, 0.15) is 10.4 Å². The van der Waals surface area contributed by atoms with Crippen LogP contribution in [0.15, 0.2) is 72.8 Å². The number of aryl methyl sites for hydroxylation is 1. The van der Waals surface area contributed by atoms with E-state index < -0.39 is 11.7 Å². The van der Waals surface area contributed by atoms with Gasteiger partial charge in [-0.15, -0.1) is 0 Å². The molecular weight excluding hydrogens is 312 g/mol. The van der Waals surface area contributed by atoms with Crippen molar-refractivity contribution >= 4 is 39.2 Å². The highest BCUT2D eigenvalue weighted by molar-refractivity contribution is 6.46. The van der Waals surface area contributed by atoms with Crippen LogP contribution in [-0.4, -0.2) is 16.3 Å². The Hall–Kier alpha value is -3.40. The lowest BCUT2D eigenvalue weighted by molar-refractivity contribution is -0.112. The molecule has 0 saturated carbocycles. The van der Waals surface area contributed by atoms with Gasteiger partial charge in [0.25, 0.3) is 11.7 Å². The van der Waals surface area contributed by atoms with Gasteiger partial charge >= 0.3 is 0 Å². The van der Waals surface area contributed by atoms with Crippen molar-refractivity contribution in [3.05, 3.63) is 78.4 Å². The second-order valence-electron chi connectivity index (χ2n) is 5.96. The lowest BCUT2D eigenvalue weighted by Gasteiger charge is -2.05. The Morgan fingerprint density at radius 3 is 2.28 bits per heavy atom. The lowest BCUT2D eigenvalue weighted by atomic mass is 10.1. The lowest BCUT2D eigenvalue weighted by Crippen LogP contribution is -2.22. The van der Waals surface area contributed by atoms with E-state index in [4.69, 9.17) is 0 Å².